The van der Waals surface area contributed by atoms with Gasteiger partial charge >= 0.3 is 21.1 Å². The van der Waals surface area contributed by atoms with Crippen molar-refractivity contribution in [3.05, 3.63) is 0 Å². The van der Waals surface area contributed by atoms with E-state index in [1.54, 1.807) is 0 Å². The van der Waals surface area contributed by atoms with Crippen LogP contribution >= 0.6 is 0 Å². The molecule has 0 radical (unpaired) electrons. The van der Waals surface area contributed by atoms with Crippen LogP contribution in [-0.4, -0.2) is 0 Å². The van der Waals surface area contributed by atoms with Crippen molar-refractivity contribution in [2.45, 2.75) is 6.42 Å². The maximum atomic E-state index is 3.03. The fourth-order valence-corrected chi connectivity index (χ4v) is 0.946. The molecule has 10 heavy (non-hydrogen) atoms. The molecule has 0 aromatic heterocycles. The molecule has 0 aromatic rings. The Kier molecular flexibility index (Phi) is 6.63. The van der Waals surface area contributed by atoms with E-state index in [9.17, 15) is 0 Å². The predicted molar refractivity (Wildman–Crippen MR) is 27.1 cm³/mol. The van der Waals surface area contributed by atoms with E-state index in [1.165, 1.54) is 0 Å². The first-order valence-electron chi connectivity index (χ1n) is 2.47. The molecule has 0 spiro atoms. The van der Waals surface area contributed by atoms with E-state index >= 15 is 0 Å². The molecule has 0 saturated carbocycles. The zero-order valence-corrected chi connectivity index (χ0v) is 8.72. The summed E-state index contributed by atoms with van der Waals surface area (Å²) < 4.78 is 0. The molecule has 0 atom stereocenters. The molecule has 0 heterocycles. The molecule has 2 rings (SSSR count). The van der Waals surface area contributed by atoms with Crippen LogP contribution in [0.5, 0.6) is 0 Å². The van der Waals surface area contributed by atoms with Crippen LogP contribution in [0.4, 0.5) is 0 Å². The van der Waals surface area contributed by atoms with Crippen LogP contribution in [0, 0.1) is 35.5 Å². The smallest absolute Gasteiger partial charge is 1.00 e. The SMILES string of the molecule is C1#CC2C#CC1C2.[Cl-].[Cl-].[Pt+2]. The van der Waals surface area contributed by atoms with E-state index in [0.717, 1.165) is 6.42 Å². The van der Waals surface area contributed by atoms with E-state index in [0.29, 0.717) is 11.8 Å². The van der Waals surface area contributed by atoms with Gasteiger partial charge in [0.1, 0.15) is 0 Å². The molecular formula is C7H4Cl2Pt. The van der Waals surface area contributed by atoms with Crippen molar-refractivity contribution in [1.82, 2.24) is 0 Å². The third-order valence-corrected chi connectivity index (χ3v) is 1.33. The third-order valence-electron chi connectivity index (χ3n) is 1.33. The molecule has 0 nitrogen and oxygen atoms in total. The van der Waals surface area contributed by atoms with Gasteiger partial charge in [-0.3, -0.25) is 0 Å². The molecule has 0 N–H and O–H groups in total. The van der Waals surface area contributed by atoms with E-state index in [2.05, 4.69) is 23.7 Å². The Bertz CT molecular complexity index is 175. The summed E-state index contributed by atoms with van der Waals surface area (Å²) in [7, 11) is 0. The number of fused-ring (bicyclic) bond motifs is 2. The van der Waals surface area contributed by atoms with Crippen LogP contribution in [0.15, 0.2) is 0 Å². The fraction of sp³-hybridized carbons (Fsp3) is 0.429. The van der Waals surface area contributed by atoms with Gasteiger partial charge in [0.2, 0.25) is 0 Å². The van der Waals surface area contributed by atoms with Crippen LogP contribution in [0.3, 0.4) is 0 Å². The van der Waals surface area contributed by atoms with Gasteiger partial charge < -0.3 is 24.8 Å². The standard InChI is InChI=1S/C7H4.2ClH.Pt/c1-2-7-4-3-6(1)5-7;;;/h6-7H,5H2;2*1H;/q;;;+2/p-2. The Labute approximate surface area is 87.6 Å². The molecule has 2 aliphatic carbocycles. The summed E-state index contributed by atoms with van der Waals surface area (Å²) in [6.45, 7) is 0. The van der Waals surface area contributed by atoms with E-state index in [4.69, 9.17) is 0 Å². The van der Waals surface area contributed by atoms with Crippen molar-refractivity contribution in [1.29, 1.82) is 0 Å². The number of hydrogen-bond acceptors (Lipinski definition) is 0. The Hall–Kier alpha value is 0.388. The normalized spacial score (nSPS) is 27.2. The second-order valence-electron chi connectivity index (χ2n) is 1.92. The predicted octanol–water partition coefficient (Wildman–Crippen LogP) is -5.35. The molecule has 0 saturated heterocycles. The van der Waals surface area contributed by atoms with E-state index in [1.807, 2.05) is 0 Å². The van der Waals surface area contributed by atoms with Gasteiger partial charge in [-0.05, 0) is 6.42 Å². The molecule has 0 aromatic carbocycles. The minimum Gasteiger partial charge on any atom is -1.00 e. The summed E-state index contributed by atoms with van der Waals surface area (Å²) >= 11 is 0. The summed E-state index contributed by atoms with van der Waals surface area (Å²) in [6.07, 6.45) is 1.14. The quantitative estimate of drug-likeness (QED) is 0.382. The summed E-state index contributed by atoms with van der Waals surface area (Å²) in [5.41, 5.74) is 0. The second kappa shape index (κ2) is 5.09. The Morgan fingerprint density at radius 2 is 1.10 bits per heavy atom. The fourth-order valence-electron chi connectivity index (χ4n) is 0.946. The first-order valence-corrected chi connectivity index (χ1v) is 2.47. The number of rotatable bonds is 0. The molecule has 2 aliphatic rings. The van der Waals surface area contributed by atoms with Gasteiger partial charge in [-0.1, -0.05) is 23.7 Å². The zero-order valence-electron chi connectivity index (χ0n) is 4.93. The molecule has 56 valence electrons. The van der Waals surface area contributed by atoms with Gasteiger partial charge in [-0.15, -0.1) is 0 Å². The van der Waals surface area contributed by atoms with Crippen LogP contribution in [0.1, 0.15) is 6.42 Å². The van der Waals surface area contributed by atoms with Crippen LogP contribution in [-0.2, 0) is 21.1 Å². The largest absolute Gasteiger partial charge is 2.00 e. The van der Waals surface area contributed by atoms with Gasteiger partial charge in [0.15, 0.2) is 0 Å². The number of hydrogen-bond donors (Lipinski definition) is 0. The average Bonchev–Trinajstić information content (AvgIpc) is 2.22. The molecule has 0 fully saturated rings. The monoisotopic (exact) mass is 353 g/mol. The van der Waals surface area contributed by atoms with Crippen molar-refractivity contribution in [2.24, 2.45) is 11.8 Å². The minimum atomic E-state index is 0. The van der Waals surface area contributed by atoms with Crippen molar-refractivity contribution < 1.29 is 45.9 Å². The Balaban J connectivity index is 0. The van der Waals surface area contributed by atoms with E-state index < -0.39 is 0 Å². The summed E-state index contributed by atoms with van der Waals surface area (Å²) in [5.74, 6) is 13.0. The van der Waals surface area contributed by atoms with E-state index in [-0.39, 0.29) is 45.9 Å². The molecule has 3 heteroatoms. The van der Waals surface area contributed by atoms with Crippen molar-refractivity contribution in [3.63, 3.8) is 0 Å². The Morgan fingerprint density at radius 1 is 0.800 bits per heavy atom. The zero-order chi connectivity index (χ0) is 4.69. The maximum absolute atomic E-state index is 3.03. The summed E-state index contributed by atoms with van der Waals surface area (Å²) in [6, 6.07) is 0. The molecule has 0 amide bonds. The summed E-state index contributed by atoms with van der Waals surface area (Å²) in [5, 5.41) is 0. The first-order chi connectivity index (χ1) is 3.45. The first kappa shape index (κ1) is 13.0. The number of halogens is 2. The third kappa shape index (κ3) is 2.21. The summed E-state index contributed by atoms with van der Waals surface area (Å²) in [4.78, 5) is 0. The van der Waals surface area contributed by atoms with Crippen molar-refractivity contribution >= 4 is 0 Å². The molecule has 0 unspecified atom stereocenters. The molecule has 0 aliphatic heterocycles. The van der Waals surface area contributed by atoms with Crippen molar-refractivity contribution in [2.75, 3.05) is 0 Å². The Morgan fingerprint density at radius 3 is 1.20 bits per heavy atom. The van der Waals surface area contributed by atoms with Crippen LogP contribution in [0.2, 0.25) is 0 Å². The van der Waals surface area contributed by atoms with Gasteiger partial charge in [0.25, 0.3) is 0 Å². The van der Waals surface area contributed by atoms with Gasteiger partial charge in [0, 0.05) is 0 Å². The average molecular weight is 354 g/mol. The topological polar surface area (TPSA) is 0 Å². The molecule has 2 bridgehead atoms. The maximum Gasteiger partial charge on any atom is 2.00 e. The van der Waals surface area contributed by atoms with Gasteiger partial charge in [-0.25, -0.2) is 0 Å². The van der Waals surface area contributed by atoms with Gasteiger partial charge in [-0.2, -0.15) is 0 Å². The van der Waals surface area contributed by atoms with Crippen LogP contribution in [0.25, 0.3) is 0 Å². The minimum absolute atomic E-state index is 0. The second-order valence-corrected chi connectivity index (χ2v) is 1.92. The van der Waals surface area contributed by atoms with Gasteiger partial charge in [0.05, 0.1) is 11.8 Å². The van der Waals surface area contributed by atoms with Crippen LogP contribution < -0.4 is 24.8 Å². The molecular weight excluding hydrogens is 350 g/mol. The van der Waals surface area contributed by atoms with Crippen molar-refractivity contribution in [3.8, 4) is 23.7 Å².